The summed E-state index contributed by atoms with van der Waals surface area (Å²) in [6.45, 7) is 0.0831. The highest BCUT2D eigenvalue weighted by molar-refractivity contribution is 7.17. The van der Waals surface area contributed by atoms with Crippen LogP contribution >= 0.6 is 11.3 Å². The summed E-state index contributed by atoms with van der Waals surface area (Å²) in [5.74, 6) is -0.232. The normalized spacial score (nSPS) is 19.7. The van der Waals surface area contributed by atoms with Gasteiger partial charge in [-0.1, -0.05) is 18.2 Å². The van der Waals surface area contributed by atoms with Crippen LogP contribution in [-0.2, 0) is 16.0 Å². The van der Waals surface area contributed by atoms with E-state index >= 15 is 0 Å². The third-order valence-corrected chi connectivity index (χ3v) is 4.07. The maximum absolute atomic E-state index is 11.7. The molecular formula is C13H12N2O2S. The Hall–Kier alpha value is -1.88. The van der Waals surface area contributed by atoms with Crippen LogP contribution in [0.4, 0.5) is 0 Å². The number of nitrogens with one attached hydrogen (secondary N) is 2. The lowest BCUT2D eigenvalue weighted by Crippen LogP contribution is -2.56. The molecule has 0 aliphatic carbocycles. The van der Waals surface area contributed by atoms with Gasteiger partial charge in [0.15, 0.2) is 0 Å². The molecule has 4 nitrogen and oxygen atoms in total. The van der Waals surface area contributed by atoms with Crippen molar-refractivity contribution in [3.63, 3.8) is 0 Å². The summed E-state index contributed by atoms with van der Waals surface area (Å²) in [6, 6.07) is 7.63. The highest BCUT2D eigenvalue weighted by Crippen LogP contribution is 2.26. The minimum Gasteiger partial charge on any atom is -0.345 e. The van der Waals surface area contributed by atoms with Crippen LogP contribution in [0.1, 0.15) is 5.56 Å². The fourth-order valence-electron chi connectivity index (χ4n) is 2.16. The van der Waals surface area contributed by atoms with E-state index in [1.165, 1.54) is 4.70 Å². The summed E-state index contributed by atoms with van der Waals surface area (Å²) >= 11 is 1.66. The van der Waals surface area contributed by atoms with Crippen LogP contribution in [0.3, 0.4) is 0 Å². The molecule has 1 aliphatic rings. The van der Waals surface area contributed by atoms with E-state index in [4.69, 9.17) is 0 Å². The third kappa shape index (κ3) is 1.97. The van der Waals surface area contributed by atoms with E-state index in [0.717, 1.165) is 10.9 Å². The molecule has 0 saturated carbocycles. The first kappa shape index (κ1) is 11.2. The zero-order valence-corrected chi connectivity index (χ0v) is 10.4. The van der Waals surface area contributed by atoms with Gasteiger partial charge in [0.1, 0.15) is 6.04 Å². The molecule has 1 aromatic carbocycles. The molecule has 92 valence electrons. The molecule has 0 spiro atoms. The van der Waals surface area contributed by atoms with E-state index in [1.54, 1.807) is 11.3 Å². The molecular weight excluding hydrogens is 248 g/mol. The third-order valence-electron chi connectivity index (χ3n) is 3.06. The second kappa shape index (κ2) is 4.42. The van der Waals surface area contributed by atoms with E-state index in [2.05, 4.69) is 22.1 Å². The van der Waals surface area contributed by atoms with Crippen LogP contribution in [0.2, 0.25) is 0 Å². The van der Waals surface area contributed by atoms with Gasteiger partial charge in [-0.15, -0.1) is 11.3 Å². The molecule has 0 radical (unpaired) electrons. The lowest BCUT2D eigenvalue weighted by molar-refractivity contribution is -0.133. The van der Waals surface area contributed by atoms with Crippen molar-refractivity contribution in [2.75, 3.05) is 6.54 Å². The van der Waals surface area contributed by atoms with Gasteiger partial charge >= 0.3 is 0 Å². The van der Waals surface area contributed by atoms with Crippen molar-refractivity contribution in [1.82, 2.24) is 10.6 Å². The van der Waals surface area contributed by atoms with Gasteiger partial charge in [0.05, 0.1) is 6.54 Å². The molecule has 3 rings (SSSR count). The zero-order chi connectivity index (χ0) is 12.5. The fraction of sp³-hybridized carbons (Fsp3) is 0.231. The summed E-state index contributed by atoms with van der Waals surface area (Å²) in [4.78, 5) is 23.0. The average molecular weight is 260 g/mol. The monoisotopic (exact) mass is 260 g/mol. The number of carbonyl (C=O) groups is 2. The van der Waals surface area contributed by atoms with Crippen molar-refractivity contribution in [3.8, 4) is 0 Å². The topological polar surface area (TPSA) is 58.2 Å². The smallest absolute Gasteiger partial charge is 0.243 e. The first-order valence-electron chi connectivity index (χ1n) is 5.76. The molecule has 1 aromatic heterocycles. The Balaban J connectivity index is 1.87. The second-order valence-corrected chi connectivity index (χ2v) is 5.21. The van der Waals surface area contributed by atoms with Gasteiger partial charge in [0.25, 0.3) is 0 Å². The lowest BCUT2D eigenvalue weighted by Gasteiger charge is -2.22. The molecule has 18 heavy (non-hydrogen) atoms. The number of hydrogen-bond donors (Lipinski definition) is 2. The van der Waals surface area contributed by atoms with Crippen LogP contribution in [-0.4, -0.2) is 24.4 Å². The molecule has 1 aliphatic heterocycles. The summed E-state index contributed by atoms with van der Waals surface area (Å²) in [6.07, 6.45) is 0.543. The molecule has 2 heterocycles. The van der Waals surface area contributed by atoms with Gasteiger partial charge in [-0.2, -0.15) is 0 Å². The van der Waals surface area contributed by atoms with E-state index in [0.29, 0.717) is 6.42 Å². The minimum absolute atomic E-state index is 0.0831. The fourth-order valence-corrected chi connectivity index (χ4v) is 3.13. The van der Waals surface area contributed by atoms with Crippen LogP contribution in [0.25, 0.3) is 10.1 Å². The number of fused-ring (bicyclic) bond motifs is 1. The van der Waals surface area contributed by atoms with E-state index in [9.17, 15) is 9.59 Å². The quantitative estimate of drug-likeness (QED) is 0.848. The van der Waals surface area contributed by atoms with Crippen molar-refractivity contribution in [3.05, 3.63) is 35.2 Å². The van der Waals surface area contributed by atoms with Gasteiger partial charge in [0.2, 0.25) is 11.8 Å². The molecule has 1 saturated heterocycles. The first-order chi connectivity index (χ1) is 8.74. The van der Waals surface area contributed by atoms with Gasteiger partial charge < -0.3 is 10.6 Å². The van der Waals surface area contributed by atoms with Crippen LogP contribution in [0.5, 0.6) is 0 Å². The number of hydrogen-bond acceptors (Lipinski definition) is 3. The van der Waals surface area contributed by atoms with Gasteiger partial charge in [-0.05, 0) is 22.4 Å². The number of carbonyl (C=O) groups excluding carboxylic acids is 2. The van der Waals surface area contributed by atoms with Gasteiger partial charge in [-0.3, -0.25) is 9.59 Å². The Morgan fingerprint density at radius 1 is 1.28 bits per heavy atom. The van der Waals surface area contributed by atoms with Crippen molar-refractivity contribution >= 4 is 33.2 Å². The molecule has 0 unspecified atom stereocenters. The summed E-state index contributed by atoms with van der Waals surface area (Å²) in [5, 5.41) is 8.53. The number of piperazine rings is 1. The van der Waals surface area contributed by atoms with Crippen molar-refractivity contribution < 1.29 is 9.59 Å². The Labute approximate surface area is 108 Å². The molecule has 2 aromatic rings. The standard InChI is InChI=1S/C13H12N2O2S/c16-12-6-14-13(17)10(15-12)5-8-7-18-11-4-2-1-3-9(8)11/h1-4,7,10H,5-6H2,(H,14,17)(H,15,16)/t10-/m0/s1. The van der Waals surface area contributed by atoms with Crippen molar-refractivity contribution in [2.45, 2.75) is 12.5 Å². The lowest BCUT2D eigenvalue weighted by atomic mass is 10.0. The first-order valence-corrected chi connectivity index (χ1v) is 6.64. The largest absolute Gasteiger partial charge is 0.345 e. The summed E-state index contributed by atoms with van der Waals surface area (Å²) in [5.41, 5.74) is 1.11. The number of amides is 2. The SMILES string of the molecule is O=C1CNC(=O)[C@H](Cc2csc3ccccc23)N1. The Bertz CT molecular complexity index is 620. The van der Waals surface area contributed by atoms with Crippen molar-refractivity contribution in [2.24, 2.45) is 0 Å². The second-order valence-electron chi connectivity index (χ2n) is 4.30. The van der Waals surface area contributed by atoms with Gasteiger partial charge in [-0.25, -0.2) is 0 Å². The average Bonchev–Trinajstić information content (AvgIpc) is 2.78. The van der Waals surface area contributed by atoms with Gasteiger partial charge in [0, 0.05) is 11.1 Å². The maximum atomic E-state index is 11.7. The van der Waals surface area contributed by atoms with Crippen LogP contribution in [0, 0.1) is 0 Å². The van der Waals surface area contributed by atoms with Crippen molar-refractivity contribution in [1.29, 1.82) is 0 Å². The Morgan fingerprint density at radius 3 is 3.00 bits per heavy atom. The molecule has 1 atom stereocenters. The van der Waals surface area contributed by atoms with E-state index in [-0.39, 0.29) is 18.4 Å². The predicted octanol–water partition coefficient (Wildman–Crippen LogP) is 1.06. The van der Waals surface area contributed by atoms with Crippen LogP contribution < -0.4 is 10.6 Å². The molecule has 2 N–H and O–H groups in total. The molecule has 5 heteroatoms. The molecule has 1 fully saturated rings. The predicted molar refractivity (Wildman–Crippen MR) is 70.5 cm³/mol. The molecule has 2 amide bonds. The van der Waals surface area contributed by atoms with E-state index < -0.39 is 6.04 Å². The Morgan fingerprint density at radius 2 is 2.11 bits per heavy atom. The number of benzene rings is 1. The highest BCUT2D eigenvalue weighted by atomic mass is 32.1. The number of rotatable bonds is 2. The Kier molecular flexibility index (Phi) is 2.76. The molecule has 0 bridgehead atoms. The zero-order valence-electron chi connectivity index (χ0n) is 9.60. The number of thiophene rings is 1. The maximum Gasteiger partial charge on any atom is 0.243 e. The minimum atomic E-state index is -0.454. The summed E-state index contributed by atoms with van der Waals surface area (Å²) in [7, 11) is 0. The van der Waals surface area contributed by atoms with Crippen LogP contribution in [0.15, 0.2) is 29.6 Å². The summed E-state index contributed by atoms with van der Waals surface area (Å²) < 4.78 is 1.20. The van der Waals surface area contributed by atoms with E-state index in [1.807, 2.05) is 18.2 Å². The highest BCUT2D eigenvalue weighted by Gasteiger charge is 2.26.